The lowest BCUT2D eigenvalue weighted by molar-refractivity contribution is 0.288. The van der Waals surface area contributed by atoms with Gasteiger partial charge < -0.3 is 16.4 Å². The fourth-order valence-corrected chi connectivity index (χ4v) is 3.19. The lowest BCUT2D eigenvalue weighted by atomic mass is 9.80. The number of nitrogens with one attached hydrogen (secondary N) is 2. The van der Waals surface area contributed by atoms with Crippen LogP contribution in [0.1, 0.15) is 18.0 Å². The van der Waals surface area contributed by atoms with Crippen LogP contribution >= 0.6 is 15.9 Å². The van der Waals surface area contributed by atoms with E-state index >= 15 is 0 Å². The first-order valence-electron chi connectivity index (χ1n) is 5.78. The first kappa shape index (κ1) is 10.6. The number of benzene rings is 1. The normalized spacial score (nSPS) is 32.5. The highest BCUT2D eigenvalue weighted by molar-refractivity contribution is 9.10. The summed E-state index contributed by atoms with van der Waals surface area (Å²) in [7, 11) is 0. The molecule has 2 aliphatic rings. The van der Waals surface area contributed by atoms with Gasteiger partial charge in [0.05, 0.1) is 0 Å². The maximum atomic E-state index is 6.37. The van der Waals surface area contributed by atoms with E-state index in [2.05, 4.69) is 44.8 Å². The van der Waals surface area contributed by atoms with Gasteiger partial charge in [-0.1, -0.05) is 15.9 Å². The van der Waals surface area contributed by atoms with Gasteiger partial charge in [0.1, 0.15) is 0 Å². The fraction of sp³-hybridized carbons (Fsp3) is 0.500. The second-order valence-electron chi connectivity index (χ2n) is 4.66. The number of piperidine rings is 1. The zero-order valence-electron chi connectivity index (χ0n) is 9.04. The van der Waals surface area contributed by atoms with Crippen LogP contribution in [-0.2, 0) is 0 Å². The number of fused-ring (bicyclic) bond motifs is 2. The molecule has 0 bridgehead atoms. The number of anilines is 1. The van der Waals surface area contributed by atoms with Gasteiger partial charge in [-0.2, -0.15) is 0 Å². The van der Waals surface area contributed by atoms with Crippen molar-refractivity contribution in [1.82, 2.24) is 5.32 Å². The SMILES string of the molecule is NC1c2cc(Br)ccc2NC2CCNCC21. The Hall–Kier alpha value is -0.580. The molecule has 0 spiro atoms. The average molecular weight is 282 g/mol. The summed E-state index contributed by atoms with van der Waals surface area (Å²) in [5.74, 6) is 0.510. The summed E-state index contributed by atoms with van der Waals surface area (Å²) in [5.41, 5.74) is 8.81. The van der Waals surface area contributed by atoms with Crippen LogP contribution in [0.4, 0.5) is 5.69 Å². The minimum atomic E-state index is 0.145. The summed E-state index contributed by atoms with van der Waals surface area (Å²) in [6, 6.07) is 7.01. The molecular formula is C12H16BrN3. The van der Waals surface area contributed by atoms with E-state index in [0.717, 1.165) is 24.0 Å². The largest absolute Gasteiger partial charge is 0.382 e. The molecule has 1 fully saturated rings. The predicted molar refractivity (Wildman–Crippen MR) is 69.5 cm³/mol. The Kier molecular flexibility index (Phi) is 2.65. The maximum absolute atomic E-state index is 6.37. The van der Waals surface area contributed by atoms with E-state index in [-0.39, 0.29) is 6.04 Å². The second-order valence-corrected chi connectivity index (χ2v) is 5.58. The number of hydrogen-bond donors (Lipinski definition) is 3. The molecule has 2 aliphatic heterocycles. The molecule has 1 saturated heterocycles. The molecule has 3 atom stereocenters. The van der Waals surface area contributed by atoms with Crippen molar-refractivity contribution >= 4 is 21.6 Å². The van der Waals surface area contributed by atoms with Crippen LogP contribution in [0.25, 0.3) is 0 Å². The minimum absolute atomic E-state index is 0.145. The summed E-state index contributed by atoms with van der Waals surface area (Å²) in [6.45, 7) is 2.11. The summed E-state index contributed by atoms with van der Waals surface area (Å²) in [6.07, 6.45) is 1.16. The molecule has 3 rings (SSSR count). The first-order valence-corrected chi connectivity index (χ1v) is 6.57. The van der Waals surface area contributed by atoms with Gasteiger partial charge in [-0.15, -0.1) is 0 Å². The van der Waals surface area contributed by atoms with Gasteiger partial charge in [0.2, 0.25) is 0 Å². The summed E-state index contributed by atoms with van der Waals surface area (Å²) in [4.78, 5) is 0. The quantitative estimate of drug-likeness (QED) is 0.680. The average Bonchev–Trinajstić information content (AvgIpc) is 2.31. The van der Waals surface area contributed by atoms with Crippen molar-refractivity contribution in [1.29, 1.82) is 0 Å². The standard InChI is InChI=1S/C12H16BrN3/c13-7-1-2-10-8(5-7)12(14)9-6-15-4-3-11(9)16-10/h1-2,5,9,11-12,15-16H,3-4,6,14H2. The van der Waals surface area contributed by atoms with E-state index in [1.807, 2.05) is 0 Å². The monoisotopic (exact) mass is 281 g/mol. The summed E-state index contributed by atoms with van der Waals surface area (Å²) < 4.78 is 1.10. The molecule has 0 aliphatic carbocycles. The number of hydrogen-bond acceptors (Lipinski definition) is 3. The molecule has 4 N–H and O–H groups in total. The molecule has 0 amide bonds. The van der Waals surface area contributed by atoms with Crippen molar-refractivity contribution < 1.29 is 0 Å². The highest BCUT2D eigenvalue weighted by Crippen LogP contribution is 2.38. The van der Waals surface area contributed by atoms with Gasteiger partial charge >= 0.3 is 0 Å². The van der Waals surface area contributed by atoms with Crippen molar-refractivity contribution in [2.24, 2.45) is 11.7 Å². The Balaban J connectivity index is 2.00. The molecule has 16 heavy (non-hydrogen) atoms. The van der Waals surface area contributed by atoms with Crippen LogP contribution in [0.2, 0.25) is 0 Å². The van der Waals surface area contributed by atoms with E-state index in [0.29, 0.717) is 12.0 Å². The Morgan fingerprint density at radius 2 is 2.25 bits per heavy atom. The minimum Gasteiger partial charge on any atom is -0.382 e. The smallest absolute Gasteiger partial charge is 0.0391 e. The topological polar surface area (TPSA) is 50.1 Å². The molecule has 3 nitrogen and oxygen atoms in total. The Morgan fingerprint density at radius 3 is 3.12 bits per heavy atom. The molecule has 0 saturated carbocycles. The predicted octanol–water partition coefficient (Wildman–Crippen LogP) is 1.85. The second kappa shape index (κ2) is 4.02. The van der Waals surface area contributed by atoms with E-state index in [1.54, 1.807) is 0 Å². The fourth-order valence-electron chi connectivity index (χ4n) is 2.81. The number of nitrogens with two attached hydrogens (primary N) is 1. The van der Waals surface area contributed by atoms with Crippen LogP contribution in [0, 0.1) is 5.92 Å². The van der Waals surface area contributed by atoms with Gasteiger partial charge in [0, 0.05) is 34.7 Å². The van der Waals surface area contributed by atoms with E-state index in [4.69, 9.17) is 5.73 Å². The Labute approximate surface area is 104 Å². The third-order valence-electron chi connectivity index (χ3n) is 3.70. The van der Waals surface area contributed by atoms with E-state index in [1.165, 1.54) is 11.3 Å². The summed E-state index contributed by atoms with van der Waals surface area (Å²) >= 11 is 3.51. The van der Waals surface area contributed by atoms with Crippen LogP contribution in [0.3, 0.4) is 0 Å². The lowest BCUT2D eigenvalue weighted by Crippen LogP contribution is -2.51. The summed E-state index contributed by atoms with van der Waals surface area (Å²) in [5, 5.41) is 7.04. The lowest BCUT2D eigenvalue weighted by Gasteiger charge is -2.42. The highest BCUT2D eigenvalue weighted by atomic mass is 79.9. The van der Waals surface area contributed by atoms with Gasteiger partial charge in [-0.3, -0.25) is 0 Å². The third-order valence-corrected chi connectivity index (χ3v) is 4.20. The van der Waals surface area contributed by atoms with Crippen LogP contribution in [0.5, 0.6) is 0 Å². The highest BCUT2D eigenvalue weighted by Gasteiger charge is 2.35. The van der Waals surface area contributed by atoms with Crippen molar-refractivity contribution in [3.63, 3.8) is 0 Å². The zero-order valence-corrected chi connectivity index (χ0v) is 10.6. The van der Waals surface area contributed by atoms with Gasteiger partial charge in [-0.05, 0) is 36.7 Å². The van der Waals surface area contributed by atoms with Crippen LogP contribution in [-0.4, -0.2) is 19.1 Å². The Bertz CT molecular complexity index is 407. The third kappa shape index (κ3) is 1.65. The van der Waals surface area contributed by atoms with Crippen LogP contribution < -0.4 is 16.4 Å². The molecule has 1 aromatic carbocycles. The van der Waals surface area contributed by atoms with E-state index in [9.17, 15) is 0 Å². The molecular weight excluding hydrogens is 266 g/mol. The molecule has 4 heteroatoms. The van der Waals surface area contributed by atoms with E-state index < -0.39 is 0 Å². The van der Waals surface area contributed by atoms with Crippen molar-refractivity contribution in [3.8, 4) is 0 Å². The molecule has 2 heterocycles. The molecule has 0 radical (unpaired) electrons. The molecule has 86 valence electrons. The van der Waals surface area contributed by atoms with Gasteiger partial charge in [-0.25, -0.2) is 0 Å². The molecule has 3 unspecified atom stereocenters. The van der Waals surface area contributed by atoms with Gasteiger partial charge in [0.15, 0.2) is 0 Å². The number of rotatable bonds is 0. The van der Waals surface area contributed by atoms with Crippen LogP contribution in [0.15, 0.2) is 22.7 Å². The first-order chi connectivity index (χ1) is 7.75. The van der Waals surface area contributed by atoms with Crippen molar-refractivity contribution in [3.05, 3.63) is 28.2 Å². The number of halogens is 1. The van der Waals surface area contributed by atoms with Crippen molar-refractivity contribution in [2.45, 2.75) is 18.5 Å². The Morgan fingerprint density at radius 1 is 1.38 bits per heavy atom. The zero-order chi connectivity index (χ0) is 11.1. The maximum Gasteiger partial charge on any atom is 0.0391 e. The molecule has 1 aromatic rings. The van der Waals surface area contributed by atoms with Crippen molar-refractivity contribution in [2.75, 3.05) is 18.4 Å². The molecule has 0 aromatic heterocycles. The van der Waals surface area contributed by atoms with Gasteiger partial charge in [0.25, 0.3) is 0 Å².